The largest absolute Gasteiger partial charge is 0.325 e. The van der Waals surface area contributed by atoms with E-state index in [-0.39, 0.29) is 17.0 Å². The molecule has 1 amide bonds. The van der Waals surface area contributed by atoms with Crippen molar-refractivity contribution < 1.29 is 4.79 Å². The first-order chi connectivity index (χ1) is 9.12. The number of nitrogens with one attached hydrogen (secondary N) is 1. The third-order valence-corrected chi connectivity index (χ3v) is 3.14. The van der Waals surface area contributed by atoms with Crippen LogP contribution < -0.4 is 11.1 Å². The van der Waals surface area contributed by atoms with Crippen molar-refractivity contribution in [2.45, 2.75) is 12.5 Å². The number of anilines is 1. The fourth-order valence-corrected chi connectivity index (χ4v) is 1.91. The number of nitriles is 2. The number of nitrogens with two attached hydrogens (primary N) is 1. The number of thioether (sulfide) groups is 1. The van der Waals surface area contributed by atoms with Gasteiger partial charge in [0.2, 0.25) is 5.91 Å². The van der Waals surface area contributed by atoms with Crippen molar-refractivity contribution in [3.05, 3.63) is 29.3 Å². The maximum absolute atomic E-state index is 11.8. The van der Waals surface area contributed by atoms with E-state index in [1.54, 1.807) is 17.8 Å². The van der Waals surface area contributed by atoms with Crippen molar-refractivity contribution in [3.8, 4) is 12.1 Å². The Hall–Kier alpha value is -2.02. The molecule has 1 aromatic rings. The Balaban J connectivity index is 2.76. The Kier molecular flexibility index (Phi) is 5.87. The number of hydrogen-bond acceptors (Lipinski definition) is 5. The molecule has 0 fully saturated rings. The van der Waals surface area contributed by atoms with Gasteiger partial charge in [-0.1, -0.05) is 0 Å². The van der Waals surface area contributed by atoms with Crippen LogP contribution in [0.2, 0.25) is 0 Å². The van der Waals surface area contributed by atoms with Crippen LogP contribution in [0.25, 0.3) is 0 Å². The second kappa shape index (κ2) is 7.42. The standard InChI is InChI=1S/C13H14N4OS/c1-19-5-4-12(16)13(18)17-11-3-2-9(7-14)10(6-11)8-15/h2-3,6,12H,4-5,16H2,1H3,(H,17,18)/t12-/m1/s1. The van der Waals surface area contributed by atoms with Crippen LogP contribution >= 0.6 is 11.8 Å². The van der Waals surface area contributed by atoms with Crippen LogP contribution in [-0.2, 0) is 4.79 Å². The molecular weight excluding hydrogens is 260 g/mol. The van der Waals surface area contributed by atoms with Gasteiger partial charge in [-0.3, -0.25) is 4.79 Å². The average Bonchev–Trinajstić information content (AvgIpc) is 2.44. The maximum Gasteiger partial charge on any atom is 0.241 e. The van der Waals surface area contributed by atoms with Gasteiger partial charge in [-0.25, -0.2) is 0 Å². The summed E-state index contributed by atoms with van der Waals surface area (Å²) in [5, 5.41) is 20.3. The Morgan fingerprint density at radius 2 is 2.11 bits per heavy atom. The van der Waals surface area contributed by atoms with Gasteiger partial charge in [0.25, 0.3) is 0 Å². The highest BCUT2D eigenvalue weighted by atomic mass is 32.2. The summed E-state index contributed by atoms with van der Waals surface area (Å²) in [5.74, 6) is 0.522. The van der Waals surface area contributed by atoms with E-state index >= 15 is 0 Å². The first-order valence-corrected chi connectivity index (χ1v) is 7.01. The van der Waals surface area contributed by atoms with Gasteiger partial charge >= 0.3 is 0 Å². The number of benzene rings is 1. The molecule has 98 valence electrons. The molecule has 19 heavy (non-hydrogen) atoms. The van der Waals surface area contributed by atoms with Crippen LogP contribution in [-0.4, -0.2) is 24.0 Å². The second-order valence-corrected chi connectivity index (χ2v) is 4.85. The van der Waals surface area contributed by atoms with E-state index in [1.807, 2.05) is 18.4 Å². The third-order valence-electron chi connectivity index (χ3n) is 2.50. The predicted molar refractivity (Wildman–Crippen MR) is 75.5 cm³/mol. The molecule has 6 heteroatoms. The molecule has 0 bridgehead atoms. The molecule has 0 unspecified atom stereocenters. The quantitative estimate of drug-likeness (QED) is 0.846. The van der Waals surface area contributed by atoms with E-state index in [4.69, 9.17) is 16.3 Å². The highest BCUT2D eigenvalue weighted by Crippen LogP contribution is 2.15. The molecule has 0 saturated heterocycles. The monoisotopic (exact) mass is 274 g/mol. The molecule has 0 saturated carbocycles. The van der Waals surface area contributed by atoms with Crippen molar-refractivity contribution in [2.24, 2.45) is 5.73 Å². The number of nitrogens with zero attached hydrogens (tertiary/aromatic N) is 2. The fraction of sp³-hybridized carbons (Fsp3) is 0.308. The van der Waals surface area contributed by atoms with Crippen molar-refractivity contribution >= 4 is 23.4 Å². The molecule has 0 heterocycles. The molecule has 5 nitrogen and oxygen atoms in total. The molecular formula is C13H14N4OS. The second-order valence-electron chi connectivity index (χ2n) is 3.86. The maximum atomic E-state index is 11.8. The zero-order valence-corrected chi connectivity index (χ0v) is 11.3. The lowest BCUT2D eigenvalue weighted by molar-refractivity contribution is -0.117. The van der Waals surface area contributed by atoms with Gasteiger partial charge in [0, 0.05) is 5.69 Å². The van der Waals surface area contributed by atoms with Gasteiger partial charge in [-0.15, -0.1) is 0 Å². The average molecular weight is 274 g/mol. The van der Waals surface area contributed by atoms with Crippen LogP contribution in [0.1, 0.15) is 17.5 Å². The molecule has 0 aliphatic rings. The minimum atomic E-state index is -0.575. The zero-order chi connectivity index (χ0) is 14.3. The molecule has 1 aromatic carbocycles. The van der Waals surface area contributed by atoms with Crippen LogP contribution in [0.15, 0.2) is 18.2 Å². The van der Waals surface area contributed by atoms with Gasteiger partial charge < -0.3 is 11.1 Å². The third kappa shape index (κ3) is 4.29. The topological polar surface area (TPSA) is 103 Å². The summed E-state index contributed by atoms with van der Waals surface area (Å²) in [4.78, 5) is 11.8. The highest BCUT2D eigenvalue weighted by Gasteiger charge is 2.13. The van der Waals surface area contributed by atoms with Crippen LogP contribution in [0.5, 0.6) is 0 Å². The van der Waals surface area contributed by atoms with Gasteiger partial charge in [-0.05, 0) is 36.6 Å². The number of rotatable bonds is 5. The summed E-state index contributed by atoms with van der Waals surface area (Å²) in [6.45, 7) is 0. The van der Waals surface area contributed by atoms with E-state index in [2.05, 4.69) is 5.32 Å². The minimum Gasteiger partial charge on any atom is -0.325 e. The van der Waals surface area contributed by atoms with Crippen LogP contribution in [0.3, 0.4) is 0 Å². The van der Waals surface area contributed by atoms with Gasteiger partial charge in [0.05, 0.1) is 17.2 Å². The minimum absolute atomic E-state index is 0.234. The van der Waals surface area contributed by atoms with E-state index in [0.29, 0.717) is 12.1 Å². The lowest BCUT2D eigenvalue weighted by atomic mass is 10.1. The smallest absolute Gasteiger partial charge is 0.241 e. The zero-order valence-electron chi connectivity index (χ0n) is 10.5. The lowest BCUT2D eigenvalue weighted by Crippen LogP contribution is -2.36. The van der Waals surface area contributed by atoms with Crippen LogP contribution in [0, 0.1) is 22.7 Å². The summed E-state index contributed by atoms with van der Waals surface area (Å²) in [6.07, 6.45) is 2.54. The number of hydrogen-bond donors (Lipinski definition) is 2. The Bertz CT molecular complexity index is 545. The van der Waals surface area contributed by atoms with Crippen molar-refractivity contribution in [2.75, 3.05) is 17.3 Å². The number of carbonyl (C=O) groups excluding carboxylic acids is 1. The number of carbonyl (C=O) groups is 1. The summed E-state index contributed by atoms with van der Waals surface area (Å²) >= 11 is 1.63. The molecule has 0 aliphatic heterocycles. The Morgan fingerprint density at radius 1 is 1.42 bits per heavy atom. The molecule has 0 aliphatic carbocycles. The van der Waals surface area contributed by atoms with Crippen molar-refractivity contribution in [3.63, 3.8) is 0 Å². The van der Waals surface area contributed by atoms with Gasteiger partial charge in [0.1, 0.15) is 12.1 Å². The normalized spacial score (nSPS) is 11.2. The van der Waals surface area contributed by atoms with E-state index in [1.165, 1.54) is 12.1 Å². The molecule has 1 rings (SSSR count). The van der Waals surface area contributed by atoms with Gasteiger partial charge in [-0.2, -0.15) is 22.3 Å². The summed E-state index contributed by atoms with van der Waals surface area (Å²) < 4.78 is 0. The number of amides is 1. The molecule has 0 radical (unpaired) electrons. The first kappa shape index (κ1) is 15.0. The summed E-state index contributed by atoms with van der Waals surface area (Å²) in [5.41, 5.74) is 6.73. The van der Waals surface area contributed by atoms with Crippen LogP contribution in [0.4, 0.5) is 5.69 Å². The highest BCUT2D eigenvalue weighted by molar-refractivity contribution is 7.98. The first-order valence-electron chi connectivity index (χ1n) is 5.62. The van der Waals surface area contributed by atoms with E-state index in [0.717, 1.165) is 5.75 Å². The van der Waals surface area contributed by atoms with E-state index < -0.39 is 6.04 Å². The van der Waals surface area contributed by atoms with Crippen molar-refractivity contribution in [1.82, 2.24) is 0 Å². The van der Waals surface area contributed by atoms with Crippen molar-refractivity contribution in [1.29, 1.82) is 10.5 Å². The lowest BCUT2D eigenvalue weighted by Gasteiger charge is -2.11. The Labute approximate surface area is 116 Å². The summed E-state index contributed by atoms with van der Waals surface area (Å²) in [7, 11) is 0. The van der Waals surface area contributed by atoms with Gasteiger partial charge in [0.15, 0.2) is 0 Å². The molecule has 0 aromatic heterocycles. The fourth-order valence-electron chi connectivity index (χ4n) is 1.42. The van der Waals surface area contributed by atoms with E-state index in [9.17, 15) is 4.79 Å². The molecule has 1 atom stereocenters. The predicted octanol–water partition coefficient (Wildman–Crippen LogP) is 1.45. The summed E-state index contributed by atoms with van der Waals surface area (Å²) in [6, 6.07) is 7.81. The molecule has 3 N–H and O–H groups in total. The molecule has 0 spiro atoms. The Morgan fingerprint density at radius 3 is 2.68 bits per heavy atom. The SMILES string of the molecule is CSCC[C@@H](N)C(=O)Nc1ccc(C#N)c(C#N)c1.